The van der Waals surface area contributed by atoms with E-state index in [-0.39, 0.29) is 6.04 Å². The fourth-order valence-corrected chi connectivity index (χ4v) is 1.97. The fourth-order valence-electron chi connectivity index (χ4n) is 1.77. The Kier molecular flexibility index (Phi) is 4.15. The normalized spacial score (nSPS) is 12.2. The largest absolute Gasteiger partial charge is 0.347 e. The Labute approximate surface area is 112 Å². The smallest absolute Gasteiger partial charge is 0.223 e. The summed E-state index contributed by atoms with van der Waals surface area (Å²) in [4.78, 5) is 8.52. The molecule has 1 atom stereocenters. The Morgan fingerprint density at radius 1 is 1.28 bits per heavy atom. The number of hydrogen-bond donors (Lipinski definition) is 1. The van der Waals surface area contributed by atoms with Crippen molar-refractivity contribution in [3.05, 3.63) is 52.8 Å². The molecule has 2 aromatic rings. The van der Waals surface area contributed by atoms with Crippen LogP contribution in [0.3, 0.4) is 0 Å². The molecule has 3 nitrogen and oxygen atoms in total. The van der Waals surface area contributed by atoms with Gasteiger partial charge >= 0.3 is 0 Å². The maximum Gasteiger partial charge on any atom is 0.223 e. The van der Waals surface area contributed by atoms with E-state index in [1.54, 1.807) is 12.4 Å². The van der Waals surface area contributed by atoms with Crippen molar-refractivity contribution in [2.24, 2.45) is 0 Å². The summed E-state index contributed by atoms with van der Waals surface area (Å²) < 4.78 is 0. The molecule has 1 N–H and O–H groups in total. The molecule has 1 aromatic heterocycles. The molecule has 18 heavy (non-hydrogen) atoms. The van der Waals surface area contributed by atoms with Crippen molar-refractivity contribution < 1.29 is 0 Å². The van der Waals surface area contributed by atoms with E-state index in [1.165, 1.54) is 0 Å². The minimum Gasteiger partial charge on any atom is -0.347 e. The van der Waals surface area contributed by atoms with Gasteiger partial charge < -0.3 is 5.32 Å². The zero-order valence-corrected chi connectivity index (χ0v) is 11.3. The summed E-state index contributed by atoms with van der Waals surface area (Å²) in [5.41, 5.74) is 2.20. The third-order valence-electron chi connectivity index (χ3n) is 2.74. The second kappa shape index (κ2) is 5.83. The van der Waals surface area contributed by atoms with E-state index in [1.807, 2.05) is 25.1 Å². The van der Waals surface area contributed by atoms with Crippen LogP contribution in [0.4, 0.5) is 5.95 Å². The molecule has 1 aromatic carbocycles. The van der Waals surface area contributed by atoms with E-state index >= 15 is 0 Å². The Morgan fingerprint density at radius 2 is 2.00 bits per heavy atom. The lowest BCUT2D eigenvalue weighted by Gasteiger charge is -2.17. The monoisotopic (exact) mass is 261 g/mol. The fraction of sp³-hybridized carbons (Fsp3) is 0.286. The molecule has 0 saturated carbocycles. The molecule has 2 rings (SSSR count). The van der Waals surface area contributed by atoms with Crippen LogP contribution in [0.5, 0.6) is 0 Å². The molecule has 1 heterocycles. The summed E-state index contributed by atoms with van der Waals surface area (Å²) in [6.07, 6.45) is 4.55. The molecule has 0 spiro atoms. The molecular formula is C14H16ClN3. The second-order valence-electron chi connectivity index (χ2n) is 4.24. The first kappa shape index (κ1) is 12.8. The van der Waals surface area contributed by atoms with Gasteiger partial charge in [0.25, 0.3) is 0 Å². The molecular weight excluding hydrogens is 246 g/mol. The van der Waals surface area contributed by atoms with Crippen molar-refractivity contribution in [2.45, 2.75) is 26.3 Å². The van der Waals surface area contributed by atoms with Gasteiger partial charge in [-0.25, -0.2) is 9.97 Å². The van der Waals surface area contributed by atoms with Crippen LogP contribution in [-0.4, -0.2) is 9.97 Å². The molecule has 0 aliphatic rings. The van der Waals surface area contributed by atoms with E-state index in [0.717, 1.165) is 22.6 Å². The van der Waals surface area contributed by atoms with E-state index in [4.69, 9.17) is 11.6 Å². The van der Waals surface area contributed by atoms with Crippen molar-refractivity contribution >= 4 is 17.5 Å². The van der Waals surface area contributed by atoms with Crippen LogP contribution in [0.1, 0.15) is 30.5 Å². The van der Waals surface area contributed by atoms with E-state index in [9.17, 15) is 0 Å². The van der Waals surface area contributed by atoms with Crippen molar-refractivity contribution in [3.63, 3.8) is 0 Å². The van der Waals surface area contributed by atoms with Gasteiger partial charge in [-0.05, 0) is 36.6 Å². The first-order valence-electron chi connectivity index (χ1n) is 5.99. The zero-order chi connectivity index (χ0) is 13.0. The van der Waals surface area contributed by atoms with E-state index in [2.05, 4.69) is 28.3 Å². The SMILES string of the molecule is CCC(Nc1ncc(C)cn1)c1cccc(Cl)c1. The Balaban J connectivity index is 2.17. The van der Waals surface area contributed by atoms with Gasteiger partial charge in [0, 0.05) is 17.4 Å². The third kappa shape index (κ3) is 3.20. The highest BCUT2D eigenvalue weighted by atomic mass is 35.5. The lowest BCUT2D eigenvalue weighted by Crippen LogP contribution is -2.11. The topological polar surface area (TPSA) is 37.8 Å². The highest BCUT2D eigenvalue weighted by molar-refractivity contribution is 6.30. The molecule has 0 bridgehead atoms. The summed E-state index contributed by atoms with van der Waals surface area (Å²) in [5.74, 6) is 0.646. The van der Waals surface area contributed by atoms with Crippen LogP contribution < -0.4 is 5.32 Å². The van der Waals surface area contributed by atoms with Gasteiger partial charge in [0.1, 0.15) is 0 Å². The molecule has 0 aliphatic heterocycles. The van der Waals surface area contributed by atoms with Gasteiger partial charge in [0.05, 0.1) is 6.04 Å². The van der Waals surface area contributed by atoms with Gasteiger partial charge in [0.2, 0.25) is 5.95 Å². The number of hydrogen-bond acceptors (Lipinski definition) is 3. The number of nitrogens with zero attached hydrogens (tertiary/aromatic N) is 2. The summed E-state index contributed by atoms with van der Waals surface area (Å²) in [7, 11) is 0. The highest BCUT2D eigenvalue weighted by Crippen LogP contribution is 2.23. The number of anilines is 1. The van der Waals surface area contributed by atoms with Gasteiger partial charge in [0.15, 0.2) is 0 Å². The minimum atomic E-state index is 0.173. The highest BCUT2D eigenvalue weighted by Gasteiger charge is 2.10. The Hall–Kier alpha value is -1.61. The lowest BCUT2D eigenvalue weighted by molar-refractivity contribution is 0.738. The van der Waals surface area contributed by atoms with Gasteiger partial charge in [-0.2, -0.15) is 0 Å². The van der Waals surface area contributed by atoms with Gasteiger partial charge in [-0.1, -0.05) is 30.7 Å². The van der Waals surface area contributed by atoms with Crippen LogP contribution >= 0.6 is 11.6 Å². The lowest BCUT2D eigenvalue weighted by atomic mass is 10.1. The average molecular weight is 262 g/mol. The zero-order valence-electron chi connectivity index (χ0n) is 10.5. The number of rotatable bonds is 4. The number of aryl methyl sites for hydroxylation is 1. The molecule has 0 fully saturated rings. The second-order valence-corrected chi connectivity index (χ2v) is 4.68. The molecule has 0 saturated heterocycles. The van der Waals surface area contributed by atoms with Crippen LogP contribution in [0.15, 0.2) is 36.7 Å². The minimum absolute atomic E-state index is 0.173. The first-order chi connectivity index (χ1) is 8.69. The average Bonchev–Trinajstić information content (AvgIpc) is 2.38. The predicted octanol–water partition coefficient (Wildman–Crippen LogP) is 4.00. The molecule has 0 radical (unpaired) electrons. The van der Waals surface area contributed by atoms with Crippen LogP contribution in [-0.2, 0) is 0 Å². The molecule has 0 amide bonds. The van der Waals surface area contributed by atoms with E-state index in [0.29, 0.717) is 5.95 Å². The maximum absolute atomic E-state index is 6.01. The van der Waals surface area contributed by atoms with Crippen LogP contribution in [0, 0.1) is 6.92 Å². The Bertz CT molecular complexity index is 511. The van der Waals surface area contributed by atoms with Gasteiger partial charge in [-0.15, -0.1) is 0 Å². The van der Waals surface area contributed by atoms with E-state index < -0.39 is 0 Å². The van der Waals surface area contributed by atoms with Crippen molar-refractivity contribution in [1.29, 1.82) is 0 Å². The standard InChI is InChI=1S/C14H16ClN3/c1-3-13(11-5-4-6-12(15)7-11)18-14-16-8-10(2)9-17-14/h4-9,13H,3H2,1-2H3,(H,16,17,18). The molecule has 0 aliphatic carbocycles. The quantitative estimate of drug-likeness (QED) is 0.904. The van der Waals surface area contributed by atoms with Crippen LogP contribution in [0.25, 0.3) is 0 Å². The van der Waals surface area contributed by atoms with Crippen molar-refractivity contribution in [1.82, 2.24) is 9.97 Å². The van der Waals surface area contributed by atoms with Crippen LogP contribution in [0.2, 0.25) is 5.02 Å². The maximum atomic E-state index is 6.01. The predicted molar refractivity (Wildman–Crippen MR) is 74.9 cm³/mol. The Morgan fingerprint density at radius 3 is 2.61 bits per heavy atom. The number of aromatic nitrogens is 2. The summed E-state index contributed by atoms with van der Waals surface area (Å²) >= 11 is 6.01. The molecule has 94 valence electrons. The molecule has 4 heteroatoms. The molecule has 1 unspecified atom stereocenters. The number of benzene rings is 1. The number of halogens is 1. The summed E-state index contributed by atoms with van der Waals surface area (Å²) in [5, 5.41) is 4.07. The van der Waals surface area contributed by atoms with Crippen molar-refractivity contribution in [2.75, 3.05) is 5.32 Å². The third-order valence-corrected chi connectivity index (χ3v) is 2.98. The van der Waals surface area contributed by atoms with Crippen molar-refractivity contribution in [3.8, 4) is 0 Å². The first-order valence-corrected chi connectivity index (χ1v) is 6.37. The number of nitrogens with one attached hydrogen (secondary N) is 1. The summed E-state index contributed by atoms with van der Waals surface area (Å²) in [6.45, 7) is 4.09. The van der Waals surface area contributed by atoms with Gasteiger partial charge in [-0.3, -0.25) is 0 Å². The summed E-state index contributed by atoms with van der Waals surface area (Å²) in [6, 6.07) is 8.03.